The minimum Gasteiger partial charge on any atom is -0.398 e. The summed E-state index contributed by atoms with van der Waals surface area (Å²) in [7, 11) is -0.372. The van der Waals surface area contributed by atoms with Gasteiger partial charge in [0.15, 0.2) is 0 Å². The first-order valence-electron chi connectivity index (χ1n) is 4.02. The Morgan fingerprint density at radius 3 is 2.36 bits per heavy atom. The van der Waals surface area contributed by atoms with Crippen LogP contribution in [0.15, 0.2) is 23.1 Å². The fourth-order valence-electron chi connectivity index (χ4n) is 1.06. The van der Waals surface area contributed by atoms with Crippen molar-refractivity contribution in [3.63, 3.8) is 0 Å². The standard InChI is InChI=1S/C8H13N3O2S/c1-10-6-3-4-8(7(9)5-6)14(12,13)11-2/h3-5,10-11H,9H2,1-2H3. The summed E-state index contributed by atoms with van der Waals surface area (Å²) in [6.07, 6.45) is 0. The van der Waals surface area contributed by atoms with E-state index in [1.165, 1.54) is 13.1 Å². The third-order valence-electron chi connectivity index (χ3n) is 1.86. The molecule has 0 unspecified atom stereocenters. The van der Waals surface area contributed by atoms with Gasteiger partial charge in [-0.05, 0) is 25.2 Å². The van der Waals surface area contributed by atoms with E-state index in [9.17, 15) is 8.42 Å². The van der Waals surface area contributed by atoms with E-state index in [2.05, 4.69) is 10.0 Å². The second-order valence-corrected chi connectivity index (χ2v) is 4.57. The highest BCUT2D eigenvalue weighted by molar-refractivity contribution is 7.89. The number of sulfonamides is 1. The topological polar surface area (TPSA) is 84.2 Å². The monoisotopic (exact) mass is 215 g/mol. The molecule has 78 valence electrons. The van der Waals surface area contributed by atoms with Crippen molar-refractivity contribution in [2.24, 2.45) is 0 Å². The highest BCUT2D eigenvalue weighted by Gasteiger charge is 2.14. The molecule has 0 aliphatic carbocycles. The van der Waals surface area contributed by atoms with Gasteiger partial charge in [0.25, 0.3) is 0 Å². The summed E-state index contributed by atoms with van der Waals surface area (Å²) >= 11 is 0. The molecule has 0 saturated carbocycles. The van der Waals surface area contributed by atoms with Crippen molar-refractivity contribution in [2.75, 3.05) is 25.1 Å². The smallest absolute Gasteiger partial charge is 0.242 e. The van der Waals surface area contributed by atoms with Crippen LogP contribution in [0.1, 0.15) is 0 Å². The maximum absolute atomic E-state index is 11.4. The molecule has 0 fully saturated rings. The van der Waals surface area contributed by atoms with Crippen LogP contribution in [0.25, 0.3) is 0 Å². The highest BCUT2D eigenvalue weighted by atomic mass is 32.2. The molecule has 6 heteroatoms. The van der Waals surface area contributed by atoms with E-state index in [1.54, 1.807) is 19.2 Å². The Labute approximate surface area is 83.4 Å². The first-order valence-corrected chi connectivity index (χ1v) is 5.50. The first-order chi connectivity index (χ1) is 6.51. The van der Waals surface area contributed by atoms with Crippen molar-refractivity contribution in [2.45, 2.75) is 4.90 Å². The quantitative estimate of drug-likeness (QED) is 0.630. The Morgan fingerprint density at radius 1 is 1.29 bits per heavy atom. The maximum Gasteiger partial charge on any atom is 0.242 e. The van der Waals surface area contributed by atoms with Crippen molar-refractivity contribution in [3.05, 3.63) is 18.2 Å². The summed E-state index contributed by atoms with van der Waals surface area (Å²) in [5, 5.41) is 2.87. The number of anilines is 2. The molecule has 1 rings (SSSR count). The van der Waals surface area contributed by atoms with Crippen molar-refractivity contribution >= 4 is 21.4 Å². The van der Waals surface area contributed by atoms with Crippen molar-refractivity contribution in [3.8, 4) is 0 Å². The zero-order valence-corrected chi connectivity index (χ0v) is 8.85. The minimum atomic E-state index is -3.46. The number of benzene rings is 1. The summed E-state index contributed by atoms with van der Waals surface area (Å²) in [6.45, 7) is 0. The molecule has 0 aliphatic rings. The van der Waals surface area contributed by atoms with Crippen LogP contribution < -0.4 is 15.8 Å². The highest BCUT2D eigenvalue weighted by Crippen LogP contribution is 2.21. The Balaban J connectivity index is 3.26. The van der Waals surface area contributed by atoms with Crippen LogP contribution >= 0.6 is 0 Å². The van der Waals surface area contributed by atoms with E-state index in [-0.39, 0.29) is 10.6 Å². The van der Waals surface area contributed by atoms with Gasteiger partial charge in [-0.25, -0.2) is 13.1 Å². The predicted octanol–water partition coefficient (Wildman–Crippen LogP) is 0.219. The lowest BCUT2D eigenvalue weighted by Gasteiger charge is -2.07. The van der Waals surface area contributed by atoms with Gasteiger partial charge in [0.2, 0.25) is 10.0 Å². The van der Waals surface area contributed by atoms with Crippen molar-refractivity contribution < 1.29 is 8.42 Å². The predicted molar refractivity (Wildman–Crippen MR) is 56.6 cm³/mol. The van der Waals surface area contributed by atoms with Gasteiger partial charge in [0.05, 0.1) is 5.69 Å². The summed E-state index contributed by atoms with van der Waals surface area (Å²) in [6, 6.07) is 4.69. The van der Waals surface area contributed by atoms with Gasteiger partial charge in [-0.15, -0.1) is 0 Å². The van der Waals surface area contributed by atoms with E-state index >= 15 is 0 Å². The zero-order valence-electron chi connectivity index (χ0n) is 8.03. The second kappa shape index (κ2) is 3.85. The molecule has 1 aromatic rings. The largest absolute Gasteiger partial charge is 0.398 e. The Kier molecular flexibility index (Phi) is 2.97. The first kappa shape index (κ1) is 10.8. The Bertz CT molecular complexity index is 428. The molecular weight excluding hydrogens is 202 g/mol. The van der Waals surface area contributed by atoms with Crippen LogP contribution in [0.4, 0.5) is 11.4 Å². The molecule has 0 atom stereocenters. The molecule has 5 nitrogen and oxygen atoms in total. The lowest BCUT2D eigenvalue weighted by atomic mass is 10.3. The molecule has 0 spiro atoms. The summed E-state index contributed by atoms with van der Waals surface area (Å²) in [5.74, 6) is 0. The van der Waals surface area contributed by atoms with Gasteiger partial charge < -0.3 is 11.1 Å². The van der Waals surface area contributed by atoms with Gasteiger partial charge in [-0.3, -0.25) is 0 Å². The number of nitrogens with one attached hydrogen (secondary N) is 2. The number of rotatable bonds is 3. The minimum absolute atomic E-state index is 0.0963. The van der Waals surface area contributed by atoms with Gasteiger partial charge in [0.1, 0.15) is 4.90 Å². The fraction of sp³-hybridized carbons (Fsp3) is 0.250. The SMILES string of the molecule is CNc1ccc(S(=O)(=O)NC)c(N)c1. The van der Waals surface area contributed by atoms with Gasteiger partial charge >= 0.3 is 0 Å². The second-order valence-electron chi connectivity index (χ2n) is 2.71. The molecular formula is C8H13N3O2S. The van der Waals surface area contributed by atoms with Crippen LogP contribution in [0.5, 0.6) is 0 Å². The van der Waals surface area contributed by atoms with Crippen LogP contribution in [0.2, 0.25) is 0 Å². The van der Waals surface area contributed by atoms with Crippen molar-refractivity contribution in [1.82, 2.24) is 4.72 Å². The number of hydrogen-bond acceptors (Lipinski definition) is 4. The van der Waals surface area contributed by atoms with Crippen LogP contribution in [-0.4, -0.2) is 22.5 Å². The van der Waals surface area contributed by atoms with Crippen LogP contribution in [-0.2, 0) is 10.0 Å². The van der Waals surface area contributed by atoms with Crippen molar-refractivity contribution in [1.29, 1.82) is 0 Å². The normalized spacial score (nSPS) is 11.3. The number of hydrogen-bond donors (Lipinski definition) is 3. The molecule has 1 aromatic carbocycles. The fourth-order valence-corrected chi connectivity index (χ4v) is 1.89. The van der Waals surface area contributed by atoms with E-state index in [0.29, 0.717) is 0 Å². The Morgan fingerprint density at radius 2 is 1.93 bits per heavy atom. The van der Waals surface area contributed by atoms with E-state index in [0.717, 1.165) is 5.69 Å². The van der Waals surface area contributed by atoms with E-state index in [1.807, 2.05) is 0 Å². The third-order valence-corrected chi connectivity index (χ3v) is 3.34. The number of nitrogen functional groups attached to an aromatic ring is 1. The zero-order chi connectivity index (χ0) is 10.8. The maximum atomic E-state index is 11.4. The third kappa shape index (κ3) is 1.97. The molecule has 4 N–H and O–H groups in total. The molecule has 14 heavy (non-hydrogen) atoms. The lowest BCUT2D eigenvalue weighted by molar-refractivity contribution is 0.588. The summed E-state index contributed by atoms with van der Waals surface area (Å²) in [4.78, 5) is 0.0963. The van der Waals surface area contributed by atoms with Gasteiger partial charge in [-0.1, -0.05) is 0 Å². The molecule has 0 aromatic heterocycles. The average Bonchev–Trinajstić information content (AvgIpc) is 2.17. The summed E-state index contributed by atoms with van der Waals surface area (Å²) < 4.78 is 25.0. The van der Waals surface area contributed by atoms with Crippen LogP contribution in [0.3, 0.4) is 0 Å². The Hall–Kier alpha value is -1.27. The summed E-state index contributed by atoms with van der Waals surface area (Å²) in [5.41, 5.74) is 6.60. The van der Waals surface area contributed by atoms with E-state index in [4.69, 9.17) is 5.73 Å². The molecule has 0 amide bonds. The lowest BCUT2D eigenvalue weighted by Crippen LogP contribution is -2.19. The van der Waals surface area contributed by atoms with E-state index < -0.39 is 10.0 Å². The number of nitrogens with two attached hydrogens (primary N) is 1. The van der Waals surface area contributed by atoms with Gasteiger partial charge in [-0.2, -0.15) is 0 Å². The molecule has 0 heterocycles. The molecule has 0 aliphatic heterocycles. The average molecular weight is 215 g/mol. The molecule has 0 radical (unpaired) electrons. The molecule has 0 bridgehead atoms. The van der Waals surface area contributed by atoms with Crippen LogP contribution in [0, 0.1) is 0 Å². The molecule has 0 saturated heterocycles. The van der Waals surface area contributed by atoms with Gasteiger partial charge in [0, 0.05) is 12.7 Å².